The fourth-order valence-corrected chi connectivity index (χ4v) is 5.95. The molecule has 0 aliphatic carbocycles. The molecular weight excluding hydrogens is 749 g/mol. The Bertz CT molecular complexity index is 1280. The maximum absolute atomic E-state index is 12.8. The highest BCUT2D eigenvalue weighted by atomic mass is 16.7. The number of aliphatic hydroxyl groups is 4. The third-order valence-corrected chi connectivity index (χ3v) is 9.47. The van der Waals surface area contributed by atoms with Crippen LogP contribution in [0.2, 0.25) is 0 Å². The summed E-state index contributed by atoms with van der Waals surface area (Å²) in [5.74, 6) is -0.934. The molecule has 0 spiro atoms. The molecule has 1 saturated heterocycles. The minimum absolute atomic E-state index is 0.142. The van der Waals surface area contributed by atoms with Crippen molar-refractivity contribution >= 4 is 11.9 Å². The summed E-state index contributed by atoms with van der Waals surface area (Å²) in [4.78, 5) is 25.3. The molecular formula is C49H78O10. The maximum atomic E-state index is 12.8. The fraction of sp³-hybridized carbons (Fsp3) is 0.633. The van der Waals surface area contributed by atoms with Crippen LogP contribution in [-0.4, -0.2) is 89.0 Å². The first-order valence-corrected chi connectivity index (χ1v) is 22.3. The Kier molecular flexibility index (Phi) is 35.3. The molecule has 10 heteroatoms. The molecule has 0 saturated carbocycles. The lowest BCUT2D eigenvalue weighted by molar-refractivity contribution is -0.305. The van der Waals surface area contributed by atoms with Crippen molar-refractivity contribution in [2.75, 3.05) is 19.8 Å². The average molecular weight is 827 g/mol. The molecule has 0 radical (unpaired) electrons. The summed E-state index contributed by atoms with van der Waals surface area (Å²) in [5, 5.41) is 40.1. The molecule has 1 aliphatic rings. The third-order valence-electron chi connectivity index (χ3n) is 9.47. The SMILES string of the molecule is CC/C=C/C/C=C/C/C=C/CCCCCCCC(=O)O[C@@H](COC(=O)CC/C=C/C/C=C/C/C=C/C/C=C/C/C=C/CCCCC)CO[C@H]1O[C@@H](CO)[C@@H](O)C(O)C1O. The van der Waals surface area contributed by atoms with E-state index in [1.54, 1.807) is 0 Å². The van der Waals surface area contributed by atoms with Gasteiger partial charge in [-0.25, -0.2) is 0 Å². The van der Waals surface area contributed by atoms with E-state index in [0.717, 1.165) is 77.0 Å². The zero-order valence-electron chi connectivity index (χ0n) is 36.2. The smallest absolute Gasteiger partial charge is 0.306 e. The Hall–Kier alpha value is -3.38. The molecule has 0 aromatic carbocycles. The molecule has 2 unspecified atom stereocenters. The Morgan fingerprint density at radius 2 is 1.03 bits per heavy atom. The zero-order chi connectivity index (χ0) is 43.0. The normalized spacial score (nSPS) is 20.9. The lowest BCUT2D eigenvalue weighted by Gasteiger charge is -2.39. The van der Waals surface area contributed by atoms with Gasteiger partial charge in [-0.3, -0.25) is 9.59 Å². The van der Waals surface area contributed by atoms with E-state index in [2.05, 4.69) is 98.9 Å². The molecule has 0 aromatic rings. The molecule has 1 rings (SSSR count). The lowest BCUT2D eigenvalue weighted by Crippen LogP contribution is -2.59. The van der Waals surface area contributed by atoms with Gasteiger partial charge in [-0.05, 0) is 83.5 Å². The van der Waals surface area contributed by atoms with E-state index in [1.807, 2.05) is 12.2 Å². The van der Waals surface area contributed by atoms with Crippen LogP contribution in [0, 0.1) is 0 Å². The number of hydrogen-bond acceptors (Lipinski definition) is 10. The van der Waals surface area contributed by atoms with Gasteiger partial charge in [0.05, 0.1) is 13.2 Å². The van der Waals surface area contributed by atoms with Crippen molar-refractivity contribution in [3.63, 3.8) is 0 Å². The molecule has 1 aliphatic heterocycles. The molecule has 0 amide bonds. The van der Waals surface area contributed by atoms with E-state index in [0.29, 0.717) is 12.8 Å². The van der Waals surface area contributed by atoms with Crippen LogP contribution in [0.15, 0.2) is 97.2 Å². The number of carbonyl (C=O) groups excluding carboxylic acids is 2. The predicted octanol–water partition coefficient (Wildman–Crippen LogP) is 9.55. The van der Waals surface area contributed by atoms with E-state index in [1.165, 1.54) is 25.7 Å². The van der Waals surface area contributed by atoms with Crippen LogP contribution in [-0.2, 0) is 28.5 Å². The first-order valence-electron chi connectivity index (χ1n) is 22.3. The maximum Gasteiger partial charge on any atom is 0.306 e. The van der Waals surface area contributed by atoms with Crippen LogP contribution < -0.4 is 0 Å². The lowest BCUT2D eigenvalue weighted by atomic mass is 9.99. The molecule has 0 bridgehead atoms. The standard InChI is InChI=1S/C49H78O10/c1-3-5-7-9-11-13-15-17-19-20-21-22-24-25-27-29-31-33-35-37-44(51)56-40-42(41-57-49-48(55)47(54)46(53)43(39-50)59-49)58-45(52)38-36-34-32-30-28-26-23-18-16-14-12-10-8-6-4-2/h6,8,11-14,17-19,21-23,25,27,31,33,42-43,46-50,53-55H,3-5,7,9-10,15-16,20,24,26,28-30,32,34-41H2,1-2H3/b8-6+,13-11+,14-12+,19-17+,22-21+,23-18+,27-25+,33-31+/t42-,43-,46+,47?,48?,49-/m0/s1. The monoisotopic (exact) mass is 827 g/mol. The highest BCUT2D eigenvalue weighted by Crippen LogP contribution is 2.22. The second-order valence-corrected chi connectivity index (χ2v) is 14.8. The van der Waals surface area contributed by atoms with Gasteiger partial charge in [0.15, 0.2) is 12.4 Å². The zero-order valence-corrected chi connectivity index (χ0v) is 36.2. The minimum atomic E-state index is -1.61. The number of allylic oxidation sites excluding steroid dienone is 16. The quantitative estimate of drug-likeness (QED) is 0.0276. The molecule has 0 aromatic heterocycles. The number of ether oxygens (including phenoxy) is 4. The highest BCUT2D eigenvalue weighted by Gasteiger charge is 2.44. The highest BCUT2D eigenvalue weighted by molar-refractivity contribution is 5.70. The summed E-state index contributed by atoms with van der Waals surface area (Å²) in [7, 11) is 0. The van der Waals surface area contributed by atoms with Crippen molar-refractivity contribution < 1.29 is 49.0 Å². The van der Waals surface area contributed by atoms with Crippen molar-refractivity contribution in [1.29, 1.82) is 0 Å². The van der Waals surface area contributed by atoms with E-state index in [-0.39, 0.29) is 26.1 Å². The van der Waals surface area contributed by atoms with Crippen molar-refractivity contribution in [3.05, 3.63) is 97.2 Å². The second-order valence-electron chi connectivity index (χ2n) is 14.8. The van der Waals surface area contributed by atoms with Gasteiger partial charge in [-0.1, -0.05) is 143 Å². The first-order chi connectivity index (χ1) is 28.8. The van der Waals surface area contributed by atoms with Gasteiger partial charge in [-0.2, -0.15) is 0 Å². The molecule has 59 heavy (non-hydrogen) atoms. The van der Waals surface area contributed by atoms with Gasteiger partial charge in [0.1, 0.15) is 31.0 Å². The Morgan fingerprint density at radius 1 is 0.542 bits per heavy atom. The fourth-order valence-electron chi connectivity index (χ4n) is 5.95. The number of esters is 2. The third kappa shape index (κ3) is 30.3. The number of rotatable bonds is 35. The van der Waals surface area contributed by atoms with Gasteiger partial charge in [0.25, 0.3) is 0 Å². The van der Waals surface area contributed by atoms with Crippen LogP contribution >= 0.6 is 0 Å². The number of carbonyl (C=O) groups is 2. The number of unbranched alkanes of at least 4 members (excludes halogenated alkanes) is 8. The van der Waals surface area contributed by atoms with Crippen molar-refractivity contribution in [1.82, 2.24) is 0 Å². The van der Waals surface area contributed by atoms with Crippen molar-refractivity contribution in [3.8, 4) is 0 Å². The van der Waals surface area contributed by atoms with Crippen molar-refractivity contribution in [2.24, 2.45) is 0 Å². The van der Waals surface area contributed by atoms with Gasteiger partial charge < -0.3 is 39.4 Å². The average Bonchev–Trinajstić information content (AvgIpc) is 3.23. The van der Waals surface area contributed by atoms with E-state index >= 15 is 0 Å². The van der Waals surface area contributed by atoms with E-state index < -0.39 is 55.4 Å². The summed E-state index contributed by atoms with van der Waals surface area (Å²) in [6.45, 7) is 3.16. The summed E-state index contributed by atoms with van der Waals surface area (Å²) >= 11 is 0. The molecule has 334 valence electrons. The second kappa shape index (κ2) is 38.8. The molecule has 6 atom stereocenters. The summed E-state index contributed by atoms with van der Waals surface area (Å²) in [6, 6.07) is 0. The summed E-state index contributed by atoms with van der Waals surface area (Å²) in [6.07, 6.45) is 44.2. The van der Waals surface area contributed by atoms with Crippen LogP contribution in [0.25, 0.3) is 0 Å². The van der Waals surface area contributed by atoms with E-state index in [4.69, 9.17) is 18.9 Å². The van der Waals surface area contributed by atoms with Crippen molar-refractivity contribution in [2.45, 2.75) is 179 Å². The Balaban J connectivity index is 2.41. The summed E-state index contributed by atoms with van der Waals surface area (Å²) < 4.78 is 22.0. The van der Waals surface area contributed by atoms with Crippen LogP contribution in [0.3, 0.4) is 0 Å². The Morgan fingerprint density at radius 3 is 1.58 bits per heavy atom. The largest absolute Gasteiger partial charge is 0.462 e. The topological polar surface area (TPSA) is 152 Å². The van der Waals surface area contributed by atoms with Gasteiger partial charge in [-0.15, -0.1) is 0 Å². The number of aliphatic hydroxyl groups excluding tert-OH is 4. The molecule has 1 fully saturated rings. The van der Waals surface area contributed by atoms with Gasteiger partial charge >= 0.3 is 11.9 Å². The van der Waals surface area contributed by atoms with Gasteiger partial charge in [0, 0.05) is 12.8 Å². The van der Waals surface area contributed by atoms with Gasteiger partial charge in [0.2, 0.25) is 0 Å². The summed E-state index contributed by atoms with van der Waals surface area (Å²) in [5.41, 5.74) is 0. The molecule has 4 N–H and O–H groups in total. The van der Waals surface area contributed by atoms with Crippen LogP contribution in [0.1, 0.15) is 142 Å². The molecule has 1 heterocycles. The number of hydrogen-bond donors (Lipinski definition) is 4. The Labute approximate surface area is 356 Å². The minimum Gasteiger partial charge on any atom is -0.462 e. The van der Waals surface area contributed by atoms with E-state index in [9.17, 15) is 30.0 Å². The van der Waals surface area contributed by atoms with Crippen LogP contribution in [0.5, 0.6) is 0 Å². The first kappa shape index (κ1) is 53.6. The van der Waals surface area contributed by atoms with Crippen LogP contribution in [0.4, 0.5) is 0 Å². The molecule has 10 nitrogen and oxygen atoms in total. The predicted molar refractivity (Wildman–Crippen MR) is 237 cm³/mol.